The molecule has 1 atom stereocenters. The SMILES string of the molecule is Cc1nn2c(C3COc4ncccc4O3)cnc2cc1-c1ccc(N2CCNCC2)cc1. The number of aryl methyl sites for hydroxylation is 1. The Labute approximate surface area is 185 Å². The molecule has 2 aliphatic rings. The van der Waals surface area contributed by atoms with Crippen LogP contribution in [0.15, 0.2) is 54.9 Å². The van der Waals surface area contributed by atoms with Gasteiger partial charge in [-0.25, -0.2) is 14.5 Å². The summed E-state index contributed by atoms with van der Waals surface area (Å²) in [4.78, 5) is 11.2. The summed E-state index contributed by atoms with van der Waals surface area (Å²) in [7, 11) is 0. The molecule has 3 aromatic heterocycles. The Morgan fingerprint density at radius 3 is 2.75 bits per heavy atom. The Hall–Kier alpha value is -3.65. The van der Waals surface area contributed by atoms with Gasteiger partial charge >= 0.3 is 0 Å². The summed E-state index contributed by atoms with van der Waals surface area (Å²) >= 11 is 0. The summed E-state index contributed by atoms with van der Waals surface area (Å²) < 4.78 is 13.7. The molecule has 0 aliphatic carbocycles. The Kier molecular flexibility index (Phi) is 4.65. The number of anilines is 1. The second-order valence-electron chi connectivity index (χ2n) is 8.10. The Morgan fingerprint density at radius 1 is 1.06 bits per heavy atom. The van der Waals surface area contributed by atoms with Crippen LogP contribution in [-0.4, -0.2) is 52.4 Å². The molecule has 1 fully saturated rings. The quantitative estimate of drug-likeness (QED) is 0.537. The average Bonchev–Trinajstić information content (AvgIpc) is 3.26. The van der Waals surface area contributed by atoms with Crippen LogP contribution in [0.2, 0.25) is 0 Å². The summed E-state index contributed by atoms with van der Waals surface area (Å²) in [6.07, 6.45) is 3.21. The molecule has 1 saturated heterocycles. The van der Waals surface area contributed by atoms with Gasteiger partial charge in [0.2, 0.25) is 0 Å². The summed E-state index contributed by atoms with van der Waals surface area (Å²) in [5.41, 5.74) is 6.06. The van der Waals surface area contributed by atoms with Gasteiger partial charge < -0.3 is 19.7 Å². The molecule has 8 heteroatoms. The van der Waals surface area contributed by atoms with Crippen molar-refractivity contribution in [2.24, 2.45) is 0 Å². The second-order valence-corrected chi connectivity index (χ2v) is 8.10. The van der Waals surface area contributed by atoms with Crippen molar-refractivity contribution in [1.82, 2.24) is 24.9 Å². The van der Waals surface area contributed by atoms with Crippen LogP contribution >= 0.6 is 0 Å². The van der Waals surface area contributed by atoms with Crippen molar-refractivity contribution in [3.63, 3.8) is 0 Å². The van der Waals surface area contributed by atoms with E-state index in [4.69, 9.17) is 14.6 Å². The first kappa shape index (κ1) is 19.1. The number of nitrogens with one attached hydrogen (secondary N) is 1. The number of pyridine rings is 1. The van der Waals surface area contributed by atoms with E-state index < -0.39 is 0 Å². The van der Waals surface area contributed by atoms with Gasteiger partial charge in [-0.05, 0) is 42.8 Å². The molecular weight excluding hydrogens is 404 g/mol. The lowest BCUT2D eigenvalue weighted by Gasteiger charge is -2.29. The number of benzene rings is 1. The molecule has 6 rings (SSSR count). The largest absolute Gasteiger partial charge is 0.475 e. The van der Waals surface area contributed by atoms with E-state index in [2.05, 4.69) is 50.5 Å². The van der Waals surface area contributed by atoms with E-state index in [0.29, 0.717) is 18.2 Å². The molecule has 0 saturated carbocycles. The van der Waals surface area contributed by atoms with Gasteiger partial charge in [0.05, 0.1) is 11.9 Å². The van der Waals surface area contributed by atoms with Gasteiger partial charge in [-0.3, -0.25) is 0 Å². The highest BCUT2D eigenvalue weighted by Crippen LogP contribution is 2.34. The maximum absolute atomic E-state index is 6.11. The second kappa shape index (κ2) is 7.80. The van der Waals surface area contributed by atoms with E-state index in [1.54, 1.807) is 6.20 Å². The highest BCUT2D eigenvalue weighted by Gasteiger charge is 2.27. The van der Waals surface area contributed by atoms with Crippen LogP contribution in [0, 0.1) is 6.92 Å². The number of nitrogens with zero attached hydrogens (tertiary/aromatic N) is 5. The molecule has 2 aliphatic heterocycles. The van der Waals surface area contributed by atoms with Crippen LogP contribution < -0.4 is 19.7 Å². The first-order valence-electron chi connectivity index (χ1n) is 10.9. The first-order valence-corrected chi connectivity index (χ1v) is 10.9. The number of hydrogen-bond donors (Lipinski definition) is 1. The van der Waals surface area contributed by atoms with Gasteiger partial charge in [-0.15, -0.1) is 0 Å². The summed E-state index contributed by atoms with van der Waals surface area (Å²) in [6.45, 7) is 6.53. The molecule has 1 unspecified atom stereocenters. The van der Waals surface area contributed by atoms with Gasteiger partial charge in [0.1, 0.15) is 12.3 Å². The van der Waals surface area contributed by atoms with Gasteiger partial charge in [0, 0.05) is 43.6 Å². The number of rotatable bonds is 3. The number of imidazole rings is 1. The number of aromatic nitrogens is 4. The topological polar surface area (TPSA) is 76.8 Å². The highest BCUT2D eigenvalue weighted by molar-refractivity contribution is 5.71. The van der Waals surface area contributed by atoms with Crippen LogP contribution in [0.5, 0.6) is 11.6 Å². The van der Waals surface area contributed by atoms with E-state index in [1.165, 1.54) is 5.69 Å². The van der Waals surface area contributed by atoms with Crippen LogP contribution in [-0.2, 0) is 0 Å². The minimum atomic E-state index is -0.294. The number of piperazine rings is 1. The van der Waals surface area contributed by atoms with E-state index in [0.717, 1.165) is 54.3 Å². The monoisotopic (exact) mass is 428 g/mol. The predicted molar refractivity (Wildman–Crippen MR) is 121 cm³/mol. The van der Waals surface area contributed by atoms with Crippen molar-refractivity contribution < 1.29 is 9.47 Å². The maximum atomic E-state index is 6.11. The van der Waals surface area contributed by atoms with E-state index >= 15 is 0 Å². The molecule has 8 nitrogen and oxygen atoms in total. The fourth-order valence-corrected chi connectivity index (χ4v) is 4.37. The maximum Gasteiger partial charge on any atom is 0.257 e. The fourth-order valence-electron chi connectivity index (χ4n) is 4.37. The molecule has 5 heterocycles. The minimum absolute atomic E-state index is 0.294. The van der Waals surface area contributed by atoms with Crippen LogP contribution in [0.3, 0.4) is 0 Å². The molecule has 0 bridgehead atoms. The predicted octanol–water partition coefficient (Wildman–Crippen LogP) is 3.02. The van der Waals surface area contributed by atoms with Crippen molar-refractivity contribution in [3.05, 3.63) is 66.2 Å². The molecule has 162 valence electrons. The zero-order valence-corrected chi connectivity index (χ0v) is 17.9. The van der Waals surface area contributed by atoms with Crippen LogP contribution in [0.4, 0.5) is 5.69 Å². The van der Waals surface area contributed by atoms with Crippen molar-refractivity contribution in [3.8, 4) is 22.8 Å². The standard InChI is InChI=1S/C24H24N6O2/c1-16-19(17-4-6-18(7-5-17)29-11-9-25-10-12-29)13-23-27-14-20(30(23)28-16)22-15-31-24-21(32-22)3-2-8-26-24/h2-8,13-14,22,25H,9-12,15H2,1H3. The molecule has 4 aromatic rings. The number of ether oxygens (including phenoxy) is 2. The zero-order chi connectivity index (χ0) is 21.5. The van der Waals surface area contributed by atoms with Crippen molar-refractivity contribution in [1.29, 1.82) is 0 Å². The molecule has 1 N–H and O–H groups in total. The third-order valence-electron chi connectivity index (χ3n) is 6.07. The summed E-state index contributed by atoms with van der Waals surface area (Å²) in [5.74, 6) is 1.16. The molecule has 0 amide bonds. The van der Waals surface area contributed by atoms with E-state index in [-0.39, 0.29) is 6.10 Å². The lowest BCUT2D eigenvalue weighted by Crippen LogP contribution is -2.43. The molecule has 0 radical (unpaired) electrons. The summed E-state index contributed by atoms with van der Waals surface area (Å²) in [5, 5.41) is 8.24. The Bertz CT molecular complexity index is 1260. The lowest BCUT2D eigenvalue weighted by atomic mass is 10.0. The van der Waals surface area contributed by atoms with E-state index in [1.807, 2.05) is 29.8 Å². The highest BCUT2D eigenvalue weighted by atomic mass is 16.6. The Balaban J connectivity index is 1.29. The molecular formula is C24H24N6O2. The summed E-state index contributed by atoms with van der Waals surface area (Å²) in [6, 6.07) is 14.5. The third kappa shape index (κ3) is 3.33. The number of fused-ring (bicyclic) bond motifs is 2. The zero-order valence-electron chi connectivity index (χ0n) is 17.9. The smallest absolute Gasteiger partial charge is 0.257 e. The van der Waals surface area contributed by atoms with Crippen LogP contribution in [0.25, 0.3) is 16.8 Å². The van der Waals surface area contributed by atoms with E-state index in [9.17, 15) is 0 Å². The Morgan fingerprint density at radius 2 is 1.91 bits per heavy atom. The average molecular weight is 428 g/mol. The van der Waals surface area contributed by atoms with Crippen molar-refractivity contribution in [2.45, 2.75) is 13.0 Å². The van der Waals surface area contributed by atoms with Gasteiger partial charge in [-0.2, -0.15) is 5.10 Å². The number of hydrogen-bond acceptors (Lipinski definition) is 7. The van der Waals surface area contributed by atoms with Crippen molar-refractivity contribution in [2.75, 3.05) is 37.7 Å². The minimum Gasteiger partial charge on any atom is -0.475 e. The molecule has 0 spiro atoms. The van der Waals surface area contributed by atoms with Gasteiger partial charge in [-0.1, -0.05) is 12.1 Å². The molecule has 32 heavy (non-hydrogen) atoms. The normalized spacial score (nSPS) is 18.2. The third-order valence-corrected chi connectivity index (χ3v) is 6.07. The van der Waals surface area contributed by atoms with Gasteiger partial charge in [0.15, 0.2) is 17.5 Å². The molecule has 1 aromatic carbocycles. The fraction of sp³-hybridized carbons (Fsp3) is 0.292. The van der Waals surface area contributed by atoms with Crippen LogP contribution in [0.1, 0.15) is 17.5 Å². The van der Waals surface area contributed by atoms with Crippen molar-refractivity contribution >= 4 is 11.3 Å². The first-order chi connectivity index (χ1) is 15.8. The van der Waals surface area contributed by atoms with Gasteiger partial charge in [0.25, 0.3) is 5.88 Å². The lowest BCUT2D eigenvalue weighted by molar-refractivity contribution is 0.0821.